The van der Waals surface area contributed by atoms with Crippen LogP contribution in [0.25, 0.3) is 0 Å². The Morgan fingerprint density at radius 1 is 1.27 bits per heavy atom. The van der Waals surface area contributed by atoms with Gasteiger partial charge in [0.15, 0.2) is 0 Å². The first-order chi connectivity index (χ1) is 10.7. The molecule has 5 nitrogen and oxygen atoms in total. The number of carbonyl (C=O) groups excluding carboxylic acids is 2. The van der Waals surface area contributed by atoms with Gasteiger partial charge in [0, 0.05) is 49.6 Å². The van der Waals surface area contributed by atoms with Gasteiger partial charge in [-0.2, -0.15) is 0 Å². The number of aromatic nitrogens is 1. The van der Waals surface area contributed by atoms with Crippen LogP contribution in [-0.4, -0.2) is 52.3 Å². The molecule has 0 radical (unpaired) electrons. The summed E-state index contributed by atoms with van der Waals surface area (Å²) in [6.45, 7) is 2.23. The molecule has 1 aliphatic carbocycles. The molecule has 6 heteroatoms. The van der Waals surface area contributed by atoms with E-state index in [0.29, 0.717) is 24.9 Å². The molecule has 1 aromatic heterocycles. The molecule has 0 aromatic carbocycles. The number of thiazole rings is 1. The first kappa shape index (κ1) is 14.2. The second-order valence-electron chi connectivity index (χ2n) is 6.67. The number of rotatable bonds is 3. The molecule has 1 aromatic rings. The smallest absolute Gasteiger partial charge is 0.228 e. The molecule has 0 N–H and O–H groups in total. The van der Waals surface area contributed by atoms with Crippen molar-refractivity contribution < 1.29 is 9.59 Å². The SMILES string of the molecule is O=C([C@@H]1CC(=O)N(C2CC2)C1)N1CCC[C@@H](c2nccs2)C1. The molecule has 3 aliphatic rings. The highest BCUT2D eigenvalue weighted by Crippen LogP contribution is 2.34. The van der Waals surface area contributed by atoms with Gasteiger partial charge in [0.1, 0.15) is 0 Å². The highest BCUT2D eigenvalue weighted by molar-refractivity contribution is 7.09. The third-order valence-corrected chi connectivity index (χ3v) is 5.97. The van der Waals surface area contributed by atoms with Gasteiger partial charge in [-0.25, -0.2) is 4.98 Å². The Morgan fingerprint density at radius 2 is 2.14 bits per heavy atom. The van der Waals surface area contributed by atoms with Crippen molar-refractivity contribution in [3.05, 3.63) is 16.6 Å². The Labute approximate surface area is 134 Å². The highest BCUT2D eigenvalue weighted by Gasteiger charge is 2.43. The molecule has 4 rings (SSSR count). The fourth-order valence-electron chi connectivity index (χ4n) is 3.71. The number of hydrogen-bond acceptors (Lipinski definition) is 4. The van der Waals surface area contributed by atoms with Crippen LogP contribution in [0.4, 0.5) is 0 Å². The van der Waals surface area contributed by atoms with Gasteiger partial charge in [-0.05, 0) is 25.7 Å². The molecule has 0 unspecified atom stereocenters. The number of likely N-dealkylation sites (tertiary alicyclic amines) is 2. The van der Waals surface area contributed by atoms with Gasteiger partial charge >= 0.3 is 0 Å². The van der Waals surface area contributed by atoms with Crippen LogP contribution in [0, 0.1) is 5.92 Å². The normalized spacial score (nSPS) is 29.2. The van der Waals surface area contributed by atoms with Crippen LogP contribution in [0.2, 0.25) is 0 Å². The van der Waals surface area contributed by atoms with Gasteiger partial charge in [-0.1, -0.05) is 0 Å². The summed E-state index contributed by atoms with van der Waals surface area (Å²) >= 11 is 1.68. The zero-order chi connectivity index (χ0) is 15.1. The number of nitrogens with zero attached hydrogens (tertiary/aromatic N) is 3. The predicted octanol–water partition coefficient (Wildman–Crippen LogP) is 1.86. The third-order valence-electron chi connectivity index (χ3n) is 5.03. The fourth-order valence-corrected chi connectivity index (χ4v) is 4.48. The molecule has 1 saturated carbocycles. The van der Waals surface area contributed by atoms with Gasteiger partial charge in [-0.3, -0.25) is 9.59 Å². The number of hydrogen-bond donors (Lipinski definition) is 0. The summed E-state index contributed by atoms with van der Waals surface area (Å²) in [4.78, 5) is 33.1. The average Bonchev–Trinajstić information content (AvgIpc) is 3.09. The van der Waals surface area contributed by atoms with E-state index in [9.17, 15) is 9.59 Å². The van der Waals surface area contributed by atoms with E-state index >= 15 is 0 Å². The van der Waals surface area contributed by atoms with Crippen LogP contribution < -0.4 is 0 Å². The van der Waals surface area contributed by atoms with Crippen LogP contribution >= 0.6 is 11.3 Å². The molecule has 0 bridgehead atoms. The summed E-state index contributed by atoms with van der Waals surface area (Å²) in [5.74, 6) is 0.601. The first-order valence-electron chi connectivity index (χ1n) is 8.20. The van der Waals surface area contributed by atoms with Crippen molar-refractivity contribution in [3.63, 3.8) is 0 Å². The van der Waals surface area contributed by atoms with Crippen molar-refractivity contribution in [2.75, 3.05) is 19.6 Å². The quantitative estimate of drug-likeness (QED) is 0.854. The molecule has 2 amide bonds. The largest absolute Gasteiger partial charge is 0.342 e. The topological polar surface area (TPSA) is 53.5 Å². The van der Waals surface area contributed by atoms with Gasteiger partial charge in [0.2, 0.25) is 11.8 Å². The Bertz CT molecular complexity index is 570. The van der Waals surface area contributed by atoms with Gasteiger partial charge in [0.25, 0.3) is 0 Å². The maximum absolute atomic E-state index is 12.8. The molecule has 118 valence electrons. The molecule has 2 saturated heterocycles. The van der Waals surface area contributed by atoms with E-state index in [4.69, 9.17) is 0 Å². The molecule has 2 aliphatic heterocycles. The summed E-state index contributed by atoms with van der Waals surface area (Å²) in [5.41, 5.74) is 0. The predicted molar refractivity (Wildman–Crippen MR) is 83.5 cm³/mol. The fraction of sp³-hybridized carbons (Fsp3) is 0.688. The Morgan fingerprint density at radius 3 is 2.86 bits per heavy atom. The zero-order valence-electron chi connectivity index (χ0n) is 12.6. The van der Waals surface area contributed by atoms with Gasteiger partial charge < -0.3 is 9.80 Å². The van der Waals surface area contributed by atoms with E-state index in [1.165, 1.54) is 0 Å². The van der Waals surface area contributed by atoms with E-state index in [2.05, 4.69) is 4.98 Å². The molecule has 3 fully saturated rings. The summed E-state index contributed by atoms with van der Waals surface area (Å²) in [6.07, 6.45) is 6.61. The second kappa shape index (κ2) is 5.65. The van der Waals surface area contributed by atoms with Crippen molar-refractivity contribution in [2.45, 2.75) is 44.1 Å². The second-order valence-corrected chi connectivity index (χ2v) is 7.60. The Kier molecular flexibility index (Phi) is 3.64. The first-order valence-corrected chi connectivity index (χ1v) is 9.08. The lowest BCUT2D eigenvalue weighted by atomic mass is 9.96. The third kappa shape index (κ3) is 2.64. The van der Waals surface area contributed by atoms with Crippen LogP contribution in [-0.2, 0) is 9.59 Å². The molecule has 22 heavy (non-hydrogen) atoms. The Hall–Kier alpha value is -1.43. The lowest BCUT2D eigenvalue weighted by molar-refractivity contribution is -0.137. The molecule has 3 heterocycles. The van der Waals surface area contributed by atoms with Gasteiger partial charge in [-0.15, -0.1) is 11.3 Å². The lowest BCUT2D eigenvalue weighted by Crippen LogP contribution is -2.43. The highest BCUT2D eigenvalue weighted by atomic mass is 32.1. The number of piperidine rings is 1. The van der Waals surface area contributed by atoms with Crippen LogP contribution in [0.5, 0.6) is 0 Å². The van der Waals surface area contributed by atoms with Crippen molar-refractivity contribution in [1.82, 2.24) is 14.8 Å². The maximum atomic E-state index is 12.8. The van der Waals surface area contributed by atoms with Crippen LogP contribution in [0.15, 0.2) is 11.6 Å². The van der Waals surface area contributed by atoms with Crippen molar-refractivity contribution >= 4 is 23.2 Å². The van der Waals surface area contributed by atoms with Crippen LogP contribution in [0.3, 0.4) is 0 Å². The number of amides is 2. The standard InChI is InChI=1S/C16H21N3O2S/c20-14-8-12(10-19(14)13-3-4-13)16(21)18-6-1-2-11(9-18)15-17-5-7-22-15/h5,7,11-13H,1-4,6,8-10H2/t11-,12-/m1/s1. The van der Waals surface area contributed by atoms with Crippen molar-refractivity contribution in [1.29, 1.82) is 0 Å². The van der Waals surface area contributed by atoms with E-state index in [-0.39, 0.29) is 17.7 Å². The van der Waals surface area contributed by atoms with E-state index in [1.54, 1.807) is 11.3 Å². The lowest BCUT2D eigenvalue weighted by Gasteiger charge is -2.33. The minimum Gasteiger partial charge on any atom is -0.342 e. The summed E-state index contributed by atoms with van der Waals surface area (Å²) < 4.78 is 0. The average molecular weight is 319 g/mol. The van der Waals surface area contributed by atoms with E-state index < -0.39 is 0 Å². The summed E-state index contributed by atoms with van der Waals surface area (Å²) in [5, 5.41) is 3.14. The Balaban J connectivity index is 1.41. The minimum absolute atomic E-state index is 0.122. The van der Waals surface area contributed by atoms with E-state index in [0.717, 1.165) is 43.8 Å². The van der Waals surface area contributed by atoms with Crippen molar-refractivity contribution in [2.24, 2.45) is 5.92 Å². The molecule has 2 atom stereocenters. The van der Waals surface area contributed by atoms with E-state index in [1.807, 2.05) is 21.4 Å². The molecular weight excluding hydrogens is 298 g/mol. The summed E-state index contributed by atoms with van der Waals surface area (Å²) in [7, 11) is 0. The molecule has 0 spiro atoms. The van der Waals surface area contributed by atoms with Crippen molar-refractivity contribution in [3.8, 4) is 0 Å². The summed E-state index contributed by atoms with van der Waals surface area (Å²) in [6, 6.07) is 0.426. The van der Waals surface area contributed by atoms with Gasteiger partial charge in [0.05, 0.1) is 10.9 Å². The molecular formula is C16H21N3O2S. The maximum Gasteiger partial charge on any atom is 0.228 e. The number of carbonyl (C=O) groups is 2. The minimum atomic E-state index is -0.122. The monoisotopic (exact) mass is 319 g/mol. The van der Waals surface area contributed by atoms with Crippen LogP contribution in [0.1, 0.15) is 43.0 Å². The zero-order valence-corrected chi connectivity index (χ0v) is 13.4.